The SMILES string of the molecule is CC(CN)N(c1cccnn1)C1CC1. The van der Waals surface area contributed by atoms with Gasteiger partial charge in [0.1, 0.15) is 0 Å². The molecule has 4 heteroatoms. The Morgan fingerprint density at radius 2 is 2.43 bits per heavy atom. The second-order valence-corrected chi connectivity index (χ2v) is 3.81. The van der Waals surface area contributed by atoms with Gasteiger partial charge in [-0.1, -0.05) is 0 Å². The fourth-order valence-corrected chi connectivity index (χ4v) is 1.67. The molecule has 1 unspecified atom stereocenters. The molecule has 1 aromatic rings. The summed E-state index contributed by atoms with van der Waals surface area (Å²) in [5.41, 5.74) is 5.69. The summed E-state index contributed by atoms with van der Waals surface area (Å²) in [6.07, 6.45) is 4.20. The van der Waals surface area contributed by atoms with E-state index in [1.54, 1.807) is 6.20 Å². The van der Waals surface area contributed by atoms with E-state index in [1.165, 1.54) is 12.8 Å². The van der Waals surface area contributed by atoms with Gasteiger partial charge < -0.3 is 10.6 Å². The Bertz CT molecular complexity index is 283. The van der Waals surface area contributed by atoms with Crippen LogP contribution in [0, 0.1) is 0 Å². The van der Waals surface area contributed by atoms with Gasteiger partial charge in [-0.25, -0.2) is 0 Å². The number of hydrogen-bond acceptors (Lipinski definition) is 4. The maximum Gasteiger partial charge on any atom is 0.151 e. The van der Waals surface area contributed by atoms with Crippen LogP contribution >= 0.6 is 0 Å². The molecule has 1 heterocycles. The molecule has 0 amide bonds. The molecule has 1 atom stereocenters. The summed E-state index contributed by atoms with van der Waals surface area (Å²) in [5, 5.41) is 8.03. The van der Waals surface area contributed by atoms with Crippen molar-refractivity contribution >= 4 is 5.82 Å². The lowest BCUT2D eigenvalue weighted by Gasteiger charge is -2.28. The van der Waals surface area contributed by atoms with E-state index in [0.717, 1.165) is 5.82 Å². The van der Waals surface area contributed by atoms with E-state index in [2.05, 4.69) is 22.0 Å². The first-order chi connectivity index (χ1) is 6.83. The Balaban J connectivity index is 2.18. The van der Waals surface area contributed by atoms with Crippen LogP contribution in [-0.4, -0.2) is 28.8 Å². The molecule has 0 radical (unpaired) electrons. The summed E-state index contributed by atoms with van der Waals surface area (Å²) < 4.78 is 0. The second-order valence-electron chi connectivity index (χ2n) is 3.81. The molecule has 2 N–H and O–H groups in total. The third kappa shape index (κ3) is 1.85. The van der Waals surface area contributed by atoms with E-state index < -0.39 is 0 Å². The van der Waals surface area contributed by atoms with Gasteiger partial charge in [0.25, 0.3) is 0 Å². The average Bonchev–Trinajstić information content (AvgIpc) is 3.04. The number of aromatic nitrogens is 2. The minimum Gasteiger partial charge on any atom is -0.348 e. The molecule has 4 nitrogen and oxygen atoms in total. The summed E-state index contributed by atoms with van der Waals surface area (Å²) in [4.78, 5) is 2.28. The Hall–Kier alpha value is -1.16. The van der Waals surface area contributed by atoms with E-state index in [1.807, 2.05) is 12.1 Å². The molecule has 1 fully saturated rings. The molecule has 0 aliphatic heterocycles. The number of anilines is 1. The van der Waals surface area contributed by atoms with Crippen LogP contribution in [0.1, 0.15) is 19.8 Å². The highest BCUT2D eigenvalue weighted by Crippen LogP contribution is 2.31. The zero-order chi connectivity index (χ0) is 9.97. The molecule has 0 bridgehead atoms. The predicted molar refractivity (Wildman–Crippen MR) is 56.0 cm³/mol. The number of nitrogens with two attached hydrogens (primary N) is 1. The van der Waals surface area contributed by atoms with Crippen molar-refractivity contribution in [1.29, 1.82) is 0 Å². The van der Waals surface area contributed by atoms with Gasteiger partial charge in [-0.2, -0.15) is 5.10 Å². The average molecular weight is 192 g/mol. The van der Waals surface area contributed by atoms with Crippen LogP contribution in [0.25, 0.3) is 0 Å². The highest BCUT2D eigenvalue weighted by molar-refractivity contribution is 5.41. The molecule has 76 valence electrons. The third-order valence-electron chi connectivity index (χ3n) is 2.58. The molecule has 0 saturated heterocycles. The standard InChI is InChI=1S/C10H16N4/c1-8(7-11)14(9-4-5-9)10-3-2-6-12-13-10/h2-3,6,8-9H,4-5,7,11H2,1H3. The zero-order valence-electron chi connectivity index (χ0n) is 8.43. The Labute approximate surface area is 84.1 Å². The van der Waals surface area contributed by atoms with Gasteiger partial charge >= 0.3 is 0 Å². The van der Waals surface area contributed by atoms with Gasteiger partial charge in [-0.3, -0.25) is 0 Å². The normalized spacial score (nSPS) is 17.9. The minimum atomic E-state index is 0.346. The minimum absolute atomic E-state index is 0.346. The highest BCUT2D eigenvalue weighted by atomic mass is 15.3. The summed E-state index contributed by atoms with van der Waals surface area (Å²) >= 11 is 0. The Morgan fingerprint density at radius 1 is 1.64 bits per heavy atom. The van der Waals surface area contributed by atoms with Crippen LogP contribution < -0.4 is 10.6 Å². The molecule has 1 aliphatic rings. The molecule has 1 aliphatic carbocycles. The van der Waals surface area contributed by atoms with Crippen LogP contribution in [0.2, 0.25) is 0 Å². The van der Waals surface area contributed by atoms with Gasteiger partial charge in [0.15, 0.2) is 5.82 Å². The Kier molecular flexibility index (Phi) is 2.63. The molecule has 1 aromatic heterocycles. The lowest BCUT2D eigenvalue weighted by molar-refractivity contribution is 0.625. The summed E-state index contributed by atoms with van der Waals surface area (Å²) in [5.74, 6) is 0.952. The van der Waals surface area contributed by atoms with Crippen molar-refractivity contribution in [2.75, 3.05) is 11.4 Å². The van der Waals surface area contributed by atoms with Crippen molar-refractivity contribution in [2.24, 2.45) is 5.73 Å². The van der Waals surface area contributed by atoms with Gasteiger partial charge in [0.2, 0.25) is 0 Å². The first kappa shape index (κ1) is 9.40. The van der Waals surface area contributed by atoms with E-state index in [9.17, 15) is 0 Å². The summed E-state index contributed by atoms with van der Waals surface area (Å²) in [7, 11) is 0. The molecule has 1 saturated carbocycles. The molecule has 0 spiro atoms. The van der Waals surface area contributed by atoms with Crippen LogP contribution in [0.4, 0.5) is 5.82 Å². The van der Waals surface area contributed by atoms with E-state index >= 15 is 0 Å². The van der Waals surface area contributed by atoms with Gasteiger partial charge in [0, 0.05) is 24.8 Å². The molecule has 2 rings (SSSR count). The van der Waals surface area contributed by atoms with Gasteiger partial charge in [-0.15, -0.1) is 5.10 Å². The number of rotatable bonds is 4. The fraction of sp³-hybridized carbons (Fsp3) is 0.600. The van der Waals surface area contributed by atoms with Crippen molar-refractivity contribution in [2.45, 2.75) is 31.8 Å². The molecule has 0 aromatic carbocycles. The van der Waals surface area contributed by atoms with Crippen molar-refractivity contribution in [3.63, 3.8) is 0 Å². The predicted octanol–water partition coefficient (Wildman–Crippen LogP) is 0.793. The molecule has 14 heavy (non-hydrogen) atoms. The number of hydrogen-bond donors (Lipinski definition) is 1. The van der Waals surface area contributed by atoms with Crippen molar-refractivity contribution in [1.82, 2.24) is 10.2 Å². The van der Waals surface area contributed by atoms with Crippen molar-refractivity contribution in [3.8, 4) is 0 Å². The number of nitrogens with zero attached hydrogens (tertiary/aromatic N) is 3. The zero-order valence-corrected chi connectivity index (χ0v) is 8.43. The quantitative estimate of drug-likeness (QED) is 0.766. The van der Waals surface area contributed by atoms with Crippen LogP contribution in [-0.2, 0) is 0 Å². The van der Waals surface area contributed by atoms with Crippen LogP contribution in [0.3, 0.4) is 0 Å². The highest BCUT2D eigenvalue weighted by Gasteiger charge is 2.32. The lowest BCUT2D eigenvalue weighted by atomic mass is 10.2. The maximum absolute atomic E-state index is 5.69. The Morgan fingerprint density at radius 3 is 2.93 bits per heavy atom. The second kappa shape index (κ2) is 3.92. The molecular weight excluding hydrogens is 176 g/mol. The smallest absolute Gasteiger partial charge is 0.151 e. The van der Waals surface area contributed by atoms with E-state index in [0.29, 0.717) is 18.6 Å². The van der Waals surface area contributed by atoms with Crippen LogP contribution in [0.15, 0.2) is 18.3 Å². The monoisotopic (exact) mass is 192 g/mol. The first-order valence-electron chi connectivity index (χ1n) is 5.09. The van der Waals surface area contributed by atoms with Crippen LogP contribution in [0.5, 0.6) is 0 Å². The lowest BCUT2D eigenvalue weighted by Crippen LogP contribution is -2.40. The maximum atomic E-state index is 5.69. The van der Waals surface area contributed by atoms with E-state index in [-0.39, 0.29) is 0 Å². The fourth-order valence-electron chi connectivity index (χ4n) is 1.67. The topological polar surface area (TPSA) is 55.0 Å². The summed E-state index contributed by atoms with van der Waals surface area (Å²) in [6.45, 7) is 2.79. The largest absolute Gasteiger partial charge is 0.348 e. The molecular formula is C10H16N4. The van der Waals surface area contributed by atoms with Crippen molar-refractivity contribution in [3.05, 3.63) is 18.3 Å². The third-order valence-corrected chi connectivity index (χ3v) is 2.58. The van der Waals surface area contributed by atoms with E-state index in [4.69, 9.17) is 5.73 Å². The van der Waals surface area contributed by atoms with Crippen molar-refractivity contribution < 1.29 is 0 Å². The summed E-state index contributed by atoms with van der Waals surface area (Å²) in [6, 6.07) is 4.89. The van der Waals surface area contributed by atoms with Gasteiger partial charge in [0.05, 0.1) is 0 Å². The first-order valence-corrected chi connectivity index (χ1v) is 5.09. The van der Waals surface area contributed by atoms with Gasteiger partial charge in [-0.05, 0) is 31.9 Å².